The fourth-order valence-electron chi connectivity index (χ4n) is 1.03. The fourth-order valence-corrected chi connectivity index (χ4v) is 1.03. The van der Waals surface area contributed by atoms with Crippen LogP contribution in [0.1, 0.15) is 18.5 Å². The monoisotopic (exact) mass is 187 g/mol. The summed E-state index contributed by atoms with van der Waals surface area (Å²) in [6, 6.07) is 2.28. The molecule has 1 aromatic carbocycles. The van der Waals surface area contributed by atoms with E-state index in [-0.39, 0.29) is 5.56 Å². The van der Waals surface area contributed by atoms with Gasteiger partial charge in [-0.05, 0) is 13.0 Å². The molecule has 0 aliphatic rings. The van der Waals surface area contributed by atoms with Crippen LogP contribution in [0.15, 0.2) is 18.2 Å². The number of nitrogens with two attached hydrogens (primary N) is 1. The molecule has 13 heavy (non-hydrogen) atoms. The third-order valence-electron chi connectivity index (χ3n) is 1.84. The molecule has 0 aliphatic carbocycles. The Kier molecular flexibility index (Phi) is 2.95. The van der Waals surface area contributed by atoms with E-state index in [0.29, 0.717) is 0 Å². The van der Waals surface area contributed by atoms with Crippen LogP contribution in [-0.4, -0.2) is 11.2 Å². The molecule has 0 heterocycles. The van der Waals surface area contributed by atoms with Crippen LogP contribution in [0.3, 0.4) is 0 Å². The smallest absolute Gasteiger partial charge is 0.130 e. The van der Waals surface area contributed by atoms with Gasteiger partial charge in [0.1, 0.15) is 11.6 Å². The van der Waals surface area contributed by atoms with Gasteiger partial charge in [-0.2, -0.15) is 0 Å². The highest BCUT2D eigenvalue weighted by Gasteiger charge is 2.16. The van der Waals surface area contributed by atoms with Gasteiger partial charge >= 0.3 is 0 Å². The summed E-state index contributed by atoms with van der Waals surface area (Å²) in [5, 5.41) is 9.08. The minimum atomic E-state index is -0.861. The van der Waals surface area contributed by atoms with Crippen molar-refractivity contribution in [2.45, 2.75) is 19.1 Å². The Hall–Kier alpha value is -1.00. The first-order valence-corrected chi connectivity index (χ1v) is 3.91. The van der Waals surface area contributed by atoms with Gasteiger partial charge in [0.05, 0.1) is 12.1 Å². The van der Waals surface area contributed by atoms with Crippen LogP contribution in [0.2, 0.25) is 0 Å². The SMILES string of the molecule is C[C@@H](O)[C@@H](N)c1ccc(F)cc1F. The lowest BCUT2D eigenvalue weighted by atomic mass is 10.0. The normalized spacial score (nSPS) is 15.5. The molecular weight excluding hydrogens is 176 g/mol. The average Bonchev–Trinajstić information content (AvgIpc) is 2.03. The predicted molar refractivity (Wildman–Crippen MR) is 45.0 cm³/mol. The molecule has 0 aliphatic heterocycles. The molecule has 0 saturated carbocycles. The minimum absolute atomic E-state index is 0.122. The Labute approximate surface area is 75.0 Å². The van der Waals surface area contributed by atoms with Gasteiger partial charge in [-0.3, -0.25) is 0 Å². The lowest BCUT2D eigenvalue weighted by Crippen LogP contribution is -2.24. The van der Waals surface area contributed by atoms with Crippen LogP contribution in [0, 0.1) is 11.6 Å². The Balaban J connectivity index is 3.01. The highest BCUT2D eigenvalue weighted by Crippen LogP contribution is 2.18. The molecular formula is C9H11F2NO. The van der Waals surface area contributed by atoms with Crippen LogP contribution < -0.4 is 5.73 Å². The zero-order chi connectivity index (χ0) is 10.0. The van der Waals surface area contributed by atoms with Crippen LogP contribution in [0.25, 0.3) is 0 Å². The predicted octanol–water partition coefficient (Wildman–Crippen LogP) is 1.35. The van der Waals surface area contributed by atoms with Gasteiger partial charge in [-0.1, -0.05) is 6.07 Å². The summed E-state index contributed by atoms with van der Waals surface area (Å²) in [6.07, 6.45) is -0.861. The van der Waals surface area contributed by atoms with Crippen LogP contribution in [-0.2, 0) is 0 Å². The maximum Gasteiger partial charge on any atom is 0.130 e. The summed E-state index contributed by atoms with van der Waals surface area (Å²) in [5.74, 6) is -1.38. The van der Waals surface area contributed by atoms with Crippen molar-refractivity contribution < 1.29 is 13.9 Å². The number of hydrogen-bond donors (Lipinski definition) is 2. The van der Waals surface area contributed by atoms with E-state index in [1.165, 1.54) is 13.0 Å². The van der Waals surface area contributed by atoms with E-state index in [9.17, 15) is 8.78 Å². The van der Waals surface area contributed by atoms with E-state index in [0.717, 1.165) is 12.1 Å². The van der Waals surface area contributed by atoms with Gasteiger partial charge in [-0.15, -0.1) is 0 Å². The van der Waals surface area contributed by atoms with Crippen molar-refractivity contribution in [3.05, 3.63) is 35.4 Å². The molecule has 0 aromatic heterocycles. The number of benzene rings is 1. The van der Waals surface area contributed by atoms with Gasteiger partial charge < -0.3 is 10.8 Å². The summed E-state index contributed by atoms with van der Waals surface area (Å²) in [6.45, 7) is 1.45. The largest absolute Gasteiger partial charge is 0.391 e. The van der Waals surface area contributed by atoms with E-state index in [1.54, 1.807) is 0 Å². The molecule has 1 rings (SSSR count). The highest BCUT2D eigenvalue weighted by atomic mass is 19.1. The maximum absolute atomic E-state index is 13.0. The van der Waals surface area contributed by atoms with Gasteiger partial charge in [-0.25, -0.2) is 8.78 Å². The van der Waals surface area contributed by atoms with E-state index < -0.39 is 23.8 Å². The van der Waals surface area contributed by atoms with Crippen molar-refractivity contribution in [3.8, 4) is 0 Å². The second-order valence-electron chi connectivity index (χ2n) is 2.93. The van der Waals surface area contributed by atoms with Crippen LogP contribution >= 0.6 is 0 Å². The first kappa shape index (κ1) is 10.1. The van der Waals surface area contributed by atoms with E-state index in [1.807, 2.05) is 0 Å². The molecule has 2 nitrogen and oxygen atoms in total. The molecule has 0 radical (unpaired) electrons. The maximum atomic E-state index is 13.0. The summed E-state index contributed by atoms with van der Waals surface area (Å²) in [7, 11) is 0. The zero-order valence-corrected chi connectivity index (χ0v) is 7.17. The number of rotatable bonds is 2. The lowest BCUT2D eigenvalue weighted by Gasteiger charge is -2.15. The van der Waals surface area contributed by atoms with Crippen molar-refractivity contribution in [1.82, 2.24) is 0 Å². The number of hydrogen-bond acceptors (Lipinski definition) is 2. The summed E-state index contributed by atoms with van der Waals surface area (Å²) in [4.78, 5) is 0. The summed E-state index contributed by atoms with van der Waals surface area (Å²) < 4.78 is 25.5. The molecule has 1 aromatic rings. The molecule has 2 atom stereocenters. The number of halogens is 2. The molecule has 0 bridgehead atoms. The van der Waals surface area contributed by atoms with Gasteiger partial charge in [0.25, 0.3) is 0 Å². The highest BCUT2D eigenvalue weighted by molar-refractivity contribution is 5.22. The van der Waals surface area contributed by atoms with Crippen molar-refractivity contribution in [1.29, 1.82) is 0 Å². The molecule has 0 spiro atoms. The second-order valence-corrected chi connectivity index (χ2v) is 2.93. The molecule has 72 valence electrons. The molecule has 3 N–H and O–H groups in total. The Morgan fingerprint density at radius 1 is 1.38 bits per heavy atom. The average molecular weight is 187 g/mol. The van der Waals surface area contributed by atoms with Crippen molar-refractivity contribution >= 4 is 0 Å². The topological polar surface area (TPSA) is 46.2 Å². The van der Waals surface area contributed by atoms with Crippen LogP contribution in [0.4, 0.5) is 8.78 Å². The quantitative estimate of drug-likeness (QED) is 0.734. The fraction of sp³-hybridized carbons (Fsp3) is 0.333. The summed E-state index contributed by atoms with van der Waals surface area (Å²) in [5.41, 5.74) is 5.60. The third-order valence-corrected chi connectivity index (χ3v) is 1.84. The van der Waals surface area contributed by atoms with Crippen molar-refractivity contribution in [3.63, 3.8) is 0 Å². The van der Waals surface area contributed by atoms with E-state index >= 15 is 0 Å². The minimum Gasteiger partial charge on any atom is -0.391 e. The second kappa shape index (κ2) is 3.81. The first-order valence-electron chi connectivity index (χ1n) is 3.91. The third kappa shape index (κ3) is 2.23. The first-order chi connectivity index (χ1) is 6.02. The van der Waals surface area contributed by atoms with E-state index in [4.69, 9.17) is 10.8 Å². The molecule has 0 saturated heterocycles. The molecule has 0 amide bonds. The van der Waals surface area contributed by atoms with Gasteiger partial charge in [0.15, 0.2) is 0 Å². The van der Waals surface area contributed by atoms with E-state index in [2.05, 4.69) is 0 Å². The molecule has 0 fully saturated rings. The zero-order valence-electron chi connectivity index (χ0n) is 7.17. The van der Waals surface area contributed by atoms with Gasteiger partial charge in [0.2, 0.25) is 0 Å². The van der Waals surface area contributed by atoms with Crippen molar-refractivity contribution in [2.75, 3.05) is 0 Å². The lowest BCUT2D eigenvalue weighted by molar-refractivity contribution is 0.162. The standard InChI is InChI=1S/C9H11F2NO/c1-5(13)9(12)7-3-2-6(10)4-8(7)11/h2-5,9,13H,12H2,1H3/t5-,9-/m1/s1. The Bertz CT molecular complexity index is 302. The van der Waals surface area contributed by atoms with Gasteiger partial charge in [0, 0.05) is 11.6 Å². The summed E-state index contributed by atoms with van der Waals surface area (Å²) >= 11 is 0. The Morgan fingerprint density at radius 2 is 2.00 bits per heavy atom. The molecule has 0 unspecified atom stereocenters. The van der Waals surface area contributed by atoms with Crippen LogP contribution in [0.5, 0.6) is 0 Å². The number of aliphatic hydroxyl groups is 1. The number of aliphatic hydroxyl groups excluding tert-OH is 1. The molecule has 4 heteroatoms. The van der Waals surface area contributed by atoms with Crippen molar-refractivity contribution in [2.24, 2.45) is 5.73 Å². The Morgan fingerprint density at radius 3 is 2.46 bits per heavy atom.